The zero-order chi connectivity index (χ0) is 19.5. The molecule has 0 spiro atoms. The van der Waals surface area contributed by atoms with Crippen LogP contribution in [0.15, 0.2) is 60.7 Å². The second-order valence-electron chi connectivity index (χ2n) is 7.44. The van der Waals surface area contributed by atoms with Gasteiger partial charge in [0.2, 0.25) is 0 Å². The zero-order valence-electron chi connectivity index (χ0n) is 16.8. The molecule has 0 radical (unpaired) electrons. The Balaban J connectivity index is 1.55. The molecule has 0 saturated carbocycles. The van der Waals surface area contributed by atoms with E-state index < -0.39 is 0 Å². The van der Waals surface area contributed by atoms with Crippen LogP contribution in [-0.2, 0) is 7.05 Å². The van der Waals surface area contributed by atoms with Crippen molar-refractivity contribution in [3.05, 3.63) is 72.1 Å². The standard InChI is InChI=1S/C23H29N5/c1-18-22(26(2)23(25-18)19-9-5-3-6-10-19)21(17-24)28-15-13-27(14-16-28)20-11-7-4-8-12-20/h3-12,21H,13-17,24H2,1-2H3. The van der Waals surface area contributed by atoms with E-state index in [-0.39, 0.29) is 6.04 Å². The number of nitrogens with zero attached hydrogens (tertiary/aromatic N) is 4. The van der Waals surface area contributed by atoms with E-state index in [1.54, 1.807) is 0 Å². The van der Waals surface area contributed by atoms with E-state index in [1.807, 2.05) is 6.07 Å². The first kappa shape index (κ1) is 18.7. The maximum Gasteiger partial charge on any atom is 0.140 e. The molecule has 28 heavy (non-hydrogen) atoms. The first-order chi connectivity index (χ1) is 13.7. The molecule has 1 fully saturated rings. The predicted octanol–water partition coefficient (Wildman–Crippen LogP) is 3.22. The molecule has 2 aromatic carbocycles. The summed E-state index contributed by atoms with van der Waals surface area (Å²) in [6, 6.07) is 21.2. The van der Waals surface area contributed by atoms with Crippen molar-refractivity contribution in [2.24, 2.45) is 12.8 Å². The number of anilines is 1. The van der Waals surface area contributed by atoms with Gasteiger partial charge in [-0.25, -0.2) is 4.98 Å². The minimum Gasteiger partial charge on any atom is -0.369 e. The van der Waals surface area contributed by atoms with Gasteiger partial charge in [-0.15, -0.1) is 0 Å². The Morgan fingerprint density at radius 3 is 2.14 bits per heavy atom. The molecule has 1 aromatic heterocycles. The monoisotopic (exact) mass is 375 g/mol. The van der Waals surface area contributed by atoms with E-state index in [2.05, 4.69) is 82.9 Å². The Kier molecular flexibility index (Phi) is 5.46. The molecule has 1 aliphatic heterocycles. The third-order valence-corrected chi connectivity index (χ3v) is 5.77. The van der Waals surface area contributed by atoms with Gasteiger partial charge in [0.25, 0.3) is 0 Å². The smallest absolute Gasteiger partial charge is 0.140 e. The van der Waals surface area contributed by atoms with Gasteiger partial charge in [0.15, 0.2) is 0 Å². The number of hydrogen-bond acceptors (Lipinski definition) is 4. The fraction of sp³-hybridized carbons (Fsp3) is 0.348. The van der Waals surface area contributed by atoms with Crippen molar-refractivity contribution in [1.82, 2.24) is 14.5 Å². The van der Waals surface area contributed by atoms with Crippen molar-refractivity contribution in [3.63, 3.8) is 0 Å². The van der Waals surface area contributed by atoms with Gasteiger partial charge in [0.1, 0.15) is 5.82 Å². The Morgan fingerprint density at radius 1 is 0.929 bits per heavy atom. The number of nitrogens with two attached hydrogens (primary N) is 1. The highest BCUT2D eigenvalue weighted by Crippen LogP contribution is 2.29. The van der Waals surface area contributed by atoms with Gasteiger partial charge in [-0.1, -0.05) is 48.5 Å². The van der Waals surface area contributed by atoms with Crippen LogP contribution in [0.2, 0.25) is 0 Å². The van der Waals surface area contributed by atoms with Crippen LogP contribution >= 0.6 is 0 Å². The highest BCUT2D eigenvalue weighted by Gasteiger charge is 2.28. The molecule has 1 aliphatic rings. The molecule has 3 aromatic rings. The number of piperazine rings is 1. The van der Waals surface area contributed by atoms with E-state index in [0.717, 1.165) is 43.3 Å². The third kappa shape index (κ3) is 3.55. The fourth-order valence-corrected chi connectivity index (χ4v) is 4.32. The van der Waals surface area contributed by atoms with E-state index in [1.165, 1.54) is 11.4 Å². The summed E-state index contributed by atoms with van der Waals surface area (Å²) in [5, 5.41) is 0. The lowest BCUT2D eigenvalue weighted by Crippen LogP contribution is -2.49. The highest BCUT2D eigenvalue weighted by atomic mass is 15.3. The molecule has 5 nitrogen and oxygen atoms in total. The quantitative estimate of drug-likeness (QED) is 0.744. The molecule has 1 atom stereocenters. The molecule has 0 bridgehead atoms. The first-order valence-corrected chi connectivity index (χ1v) is 10.0. The molecule has 0 amide bonds. The maximum atomic E-state index is 6.27. The van der Waals surface area contributed by atoms with Crippen LogP contribution in [0.4, 0.5) is 5.69 Å². The number of aryl methyl sites for hydroxylation is 1. The van der Waals surface area contributed by atoms with Gasteiger partial charge < -0.3 is 15.2 Å². The molecular formula is C23H29N5. The SMILES string of the molecule is Cc1nc(-c2ccccc2)n(C)c1C(CN)N1CCN(c2ccccc2)CC1. The van der Waals surface area contributed by atoms with Crippen molar-refractivity contribution in [2.75, 3.05) is 37.6 Å². The largest absolute Gasteiger partial charge is 0.369 e. The van der Waals surface area contributed by atoms with E-state index in [0.29, 0.717) is 6.54 Å². The normalized spacial score (nSPS) is 16.3. The number of benzene rings is 2. The van der Waals surface area contributed by atoms with Crippen LogP contribution in [0.3, 0.4) is 0 Å². The number of hydrogen-bond donors (Lipinski definition) is 1. The molecule has 4 rings (SSSR count). The lowest BCUT2D eigenvalue weighted by atomic mass is 10.1. The summed E-state index contributed by atoms with van der Waals surface area (Å²) >= 11 is 0. The van der Waals surface area contributed by atoms with Gasteiger partial charge in [-0.2, -0.15) is 0 Å². The van der Waals surface area contributed by atoms with Gasteiger partial charge in [0, 0.05) is 51.0 Å². The fourth-order valence-electron chi connectivity index (χ4n) is 4.32. The molecule has 1 unspecified atom stereocenters. The van der Waals surface area contributed by atoms with E-state index in [4.69, 9.17) is 10.7 Å². The second kappa shape index (κ2) is 8.17. The minimum atomic E-state index is 0.188. The predicted molar refractivity (Wildman–Crippen MR) is 115 cm³/mol. The summed E-state index contributed by atoms with van der Waals surface area (Å²) in [6.07, 6.45) is 0. The van der Waals surface area contributed by atoms with Crippen LogP contribution in [0.25, 0.3) is 11.4 Å². The van der Waals surface area contributed by atoms with Gasteiger partial charge in [0.05, 0.1) is 17.4 Å². The van der Waals surface area contributed by atoms with Gasteiger partial charge >= 0.3 is 0 Å². The topological polar surface area (TPSA) is 50.3 Å². The molecule has 146 valence electrons. The summed E-state index contributed by atoms with van der Waals surface area (Å²) in [5.41, 5.74) is 11.0. The Hall–Kier alpha value is -2.63. The summed E-state index contributed by atoms with van der Waals surface area (Å²) in [6.45, 7) is 6.74. The first-order valence-electron chi connectivity index (χ1n) is 10.0. The lowest BCUT2D eigenvalue weighted by Gasteiger charge is -2.40. The van der Waals surface area contributed by atoms with Gasteiger partial charge in [-0.3, -0.25) is 4.90 Å². The average molecular weight is 376 g/mol. The molecule has 1 saturated heterocycles. The molecule has 2 N–H and O–H groups in total. The van der Waals surface area contributed by atoms with Gasteiger partial charge in [-0.05, 0) is 19.1 Å². The van der Waals surface area contributed by atoms with Crippen molar-refractivity contribution in [1.29, 1.82) is 0 Å². The van der Waals surface area contributed by atoms with E-state index >= 15 is 0 Å². The van der Waals surface area contributed by atoms with Crippen molar-refractivity contribution in [2.45, 2.75) is 13.0 Å². The summed E-state index contributed by atoms with van der Waals surface area (Å²) in [4.78, 5) is 9.84. The number of aromatic nitrogens is 2. The molecule has 0 aliphatic carbocycles. The third-order valence-electron chi connectivity index (χ3n) is 5.77. The Bertz CT molecular complexity index is 896. The van der Waals surface area contributed by atoms with E-state index in [9.17, 15) is 0 Å². The summed E-state index contributed by atoms with van der Waals surface area (Å²) < 4.78 is 2.23. The summed E-state index contributed by atoms with van der Waals surface area (Å²) in [7, 11) is 2.11. The van der Waals surface area contributed by atoms with Crippen molar-refractivity contribution < 1.29 is 0 Å². The van der Waals surface area contributed by atoms with Crippen LogP contribution in [0.5, 0.6) is 0 Å². The zero-order valence-corrected chi connectivity index (χ0v) is 16.8. The molecule has 2 heterocycles. The number of rotatable bonds is 5. The lowest BCUT2D eigenvalue weighted by molar-refractivity contribution is 0.184. The van der Waals surface area contributed by atoms with Crippen molar-refractivity contribution >= 4 is 5.69 Å². The van der Waals surface area contributed by atoms with Crippen LogP contribution in [0, 0.1) is 6.92 Å². The Morgan fingerprint density at radius 2 is 1.54 bits per heavy atom. The minimum absolute atomic E-state index is 0.188. The number of imidazole rings is 1. The Labute approximate surface area is 167 Å². The highest BCUT2D eigenvalue weighted by molar-refractivity contribution is 5.57. The molecular weight excluding hydrogens is 346 g/mol. The average Bonchev–Trinajstić information content (AvgIpc) is 3.05. The van der Waals surface area contributed by atoms with Crippen molar-refractivity contribution in [3.8, 4) is 11.4 Å². The van der Waals surface area contributed by atoms with Crippen LogP contribution < -0.4 is 10.6 Å². The number of para-hydroxylation sites is 1. The van der Waals surface area contributed by atoms with Crippen LogP contribution in [-0.4, -0.2) is 47.2 Å². The molecule has 5 heteroatoms. The summed E-state index contributed by atoms with van der Waals surface area (Å²) in [5.74, 6) is 1.01. The second-order valence-corrected chi connectivity index (χ2v) is 7.44. The maximum absolute atomic E-state index is 6.27. The van der Waals surface area contributed by atoms with Crippen LogP contribution in [0.1, 0.15) is 17.4 Å².